The van der Waals surface area contributed by atoms with Crippen LogP contribution in [0.5, 0.6) is 5.75 Å². The zero-order valence-electron chi connectivity index (χ0n) is 16.8. The summed E-state index contributed by atoms with van der Waals surface area (Å²) in [5.41, 5.74) is 1.55. The summed E-state index contributed by atoms with van der Waals surface area (Å²) in [6.07, 6.45) is 3.47. The summed E-state index contributed by atoms with van der Waals surface area (Å²) in [6.45, 7) is 0.558. The molecule has 1 aliphatic heterocycles. The van der Waals surface area contributed by atoms with Gasteiger partial charge in [-0.2, -0.15) is 0 Å². The van der Waals surface area contributed by atoms with E-state index in [9.17, 15) is 9.59 Å². The SMILES string of the molecule is COC(=O)c1ccc(OC2=COC3CC(OCc4ccccc4)CCC3C2=O)cc1. The van der Waals surface area contributed by atoms with Gasteiger partial charge in [-0.05, 0) is 42.7 Å². The Morgan fingerprint density at radius 2 is 1.83 bits per heavy atom. The molecule has 0 amide bonds. The lowest BCUT2D eigenvalue weighted by Gasteiger charge is -2.37. The fourth-order valence-electron chi connectivity index (χ4n) is 3.85. The topological polar surface area (TPSA) is 71.1 Å². The second-order valence-corrected chi connectivity index (χ2v) is 7.48. The average Bonchev–Trinajstić information content (AvgIpc) is 2.80. The molecular formula is C24H24O6. The van der Waals surface area contributed by atoms with Crippen LogP contribution < -0.4 is 4.74 Å². The zero-order chi connectivity index (χ0) is 20.9. The second kappa shape index (κ2) is 9.13. The quantitative estimate of drug-likeness (QED) is 0.672. The number of esters is 1. The van der Waals surface area contributed by atoms with Crippen LogP contribution in [0.25, 0.3) is 0 Å². The van der Waals surface area contributed by atoms with Gasteiger partial charge in [-0.1, -0.05) is 30.3 Å². The number of carbonyl (C=O) groups excluding carboxylic acids is 2. The Kier molecular flexibility index (Phi) is 6.14. The van der Waals surface area contributed by atoms with Crippen molar-refractivity contribution in [2.45, 2.75) is 38.1 Å². The highest BCUT2D eigenvalue weighted by Crippen LogP contribution is 2.35. The van der Waals surface area contributed by atoms with Gasteiger partial charge in [0.2, 0.25) is 11.5 Å². The minimum absolute atomic E-state index is 0.0511. The van der Waals surface area contributed by atoms with Crippen LogP contribution in [-0.2, 0) is 25.6 Å². The monoisotopic (exact) mass is 408 g/mol. The molecule has 2 aliphatic rings. The smallest absolute Gasteiger partial charge is 0.337 e. The first kappa shape index (κ1) is 20.2. The highest BCUT2D eigenvalue weighted by molar-refractivity contribution is 5.96. The van der Waals surface area contributed by atoms with Crippen molar-refractivity contribution in [2.24, 2.45) is 5.92 Å². The number of allylic oxidation sites excluding steroid dienone is 1. The molecule has 3 atom stereocenters. The third-order valence-corrected chi connectivity index (χ3v) is 5.50. The van der Waals surface area contributed by atoms with Crippen LogP contribution in [0.15, 0.2) is 66.6 Å². The van der Waals surface area contributed by atoms with E-state index in [2.05, 4.69) is 4.74 Å². The van der Waals surface area contributed by atoms with Gasteiger partial charge in [-0.3, -0.25) is 4.79 Å². The van der Waals surface area contributed by atoms with Crippen LogP contribution in [0.2, 0.25) is 0 Å². The van der Waals surface area contributed by atoms with Crippen molar-refractivity contribution < 1.29 is 28.5 Å². The predicted octanol–water partition coefficient (Wildman–Crippen LogP) is 4.05. The fourth-order valence-corrected chi connectivity index (χ4v) is 3.85. The van der Waals surface area contributed by atoms with Gasteiger partial charge >= 0.3 is 5.97 Å². The average molecular weight is 408 g/mol. The summed E-state index contributed by atoms with van der Waals surface area (Å²) in [5.74, 6) is -0.0532. The van der Waals surface area contributed by atoms with E-state index >= 15 is 0 Å². The summed E-state index contributed by atoms with van der Waals surface area (Å²) in [4.78, 5) is 24.4. The van der Waals surface area contributed by atoms with Crippen LogP contribution in [0.3, 0.4) is 0 Å². The maximum atomic E-state index is 12.9. The van der Waals surface area contributed by atoms with Gasteiger partial charge in [0.15, 0.2) is 0 Å². The van der Waals surface area contributed by atoms with E-state index in [-0.39, 0.29) is 29.7 Å². The molecule has 1 heterocycles. The number of hydrogen-bond donors (Lipinski definition) is 0. The Labute approximate surface area is 175 Å². The van der Waals surface area contributed by atoms with E-state index in [0.717, 1.165) is 12.0 Å². The molecule has 0 spiro atoms. The minimum atomic E-state index is -0.424. The van der Waals surface area contributed by atoms with E-state index in [1.54, 1.807) is 24.3 Å². The van der Waals surface area contributed by atoms with E-state index in [1.807, 2.05) is 30.3 Å². The summed E-state index contributed by atoms with van der Waals surface area (Å²) in [6, 6.07) is 16.5. The Hall–Kier alpha value is -3.12. The van der Waals surface area contributed by atoms with Gasteiger partial charge in [0.25, 0.3) is 0 Å². The van der Waals surface area contributed by atoms with Crippen molar-refractivity contribution in [2.75, 3.05) is 7.11 Å². The minimum Gasteiger partial charge on any atom is -0.493 e. The van der Waals surface area contributed by atoms with Crippen LogP contribution in [-0.4, -0.2) is 31.1 Å². The lowest BCUT2D eigenvalue weighted by Crippen LogP contribution is -2.42. The predicted molar refractivity (Wildman–Crippen MR) is 109 cm³/mol. The summed E-state index contributed by atoms with van der Waals surface area (Å²) < 4.78 is 22.3. The van der Waals surface area contributed by atoms with Crippen LogP contribution in [0, 0.1) is 5.92 Å². The van der Waals surface area contributed by atoms with Crippen molar-refractivity contribution in [3.63, 3.8) is 0 Å². The summed E-state index contributed by atoms with van der Waals surface area (Å²) in [5, 5.41) is 0. The molecule has 1 fully saturated rings. The van der Waals surface area contributed by atoms with Gasteiger partial charge in [-0.15, -0.1) is 0 Å². The van der Waals surface area contributed by atoms with E-state index in [4.69, 9.17) is 14.2 Å². The van der Waals surface area contributed by atoms with Gasteiger partial charge in [0.1, 0.15) is 18.1 Å². The normalized spacial score (nSPS) is 23.0. The first-order valence-electron chi connectivity index (χ1n) is 10.1. The number of ether oxygens (including phenoxy) is 4. The number of carbonyl (C=O) groups is 2. The molecule has 0 aromatic heterocycles. The molecule has 0 N–H and O–H groups in total. The van der Waals surface area contributed by atoms with Crippen molar-refractivity contribution in [3.05, 3.63) is 77.7 Å². The molecule has 156 valence electrons. The molecule has 0 radical (unpaired) electrons. The van der Waals surface area contributed by atoms with Gasteiger partial charge in [-0.25, -0.2) is 4.79 Å². The van der Waals surface area contributed by atoms with Crippen molar-refractivity contribution in [1.82, 2.24) is 0 Å². The van der Waals surface area contributed by atoms with Crippen molar-refractivity contribution in [3.8, 4) is 5.75 Å². The van der Waals surface area contributed by atoms with E-state index < -0.39 is 5.97 Å². The molecule has 3 unspecified atom stereocenters. The number of Topliss-reactive ketones (excluding diaryl/α,β-unsaturated/α-hetero) is 1. The van der Waals surface area contributed by atoms with Crippen molar-refractivity contribution in [1.29, 1.82) is 0 Å². The largest absolute Gasteiger partial charge is 0.493 e. The summed E-state index contributed by atoms with van der Waals surface area (Å²) >= 11 is 0. The van der Waals surface area contributed by atoms with Gasteiger partial charge in [0.05, 0.1) is 31.3 Å². The highest BCUT2D eigenvalue weighted by atomic mass is 16.5. The molecule has 4 rings (SSSR count). The molecule has 30 heavy (non-hydrogen) atoms. The maximum Gasteiger partial charge on any atom is 0.337 e. The fraction of sp³-hybridized carbons (Fsp3) is 0.333. The standard InChI is InChI=1S/C24H24O6/c1-27-24(26)17-7-9-18(10-8-17)30-22-15-29-21-13-19(11-12-20(21)23(22)25)28-14-16-5-3-2-4-6-16/h2-10,15,19-21H,11-14H2,1H3. The molecule has 6 nitrogen and oxygen atoms in total. The Bertz CT molecular complexity index is 918. The van der Waals surface area contributed by atoms with Crippen LogP contribution in [0.4, 0.5) is 0 Å². The third-order valence-electron chi connectivity index (χ3n) is 5.50. The number of rotatable bonds is 6. The Morgan fingerprint density at radius 1 is 1.07 bits per heavy atom. The number of benzene rings is 2. The molecule has 0 saturated heterocycles. The molecule has 6 heteroatoms. The molecular weight excluding hydrogens is 384 g/mol. The number of hydrogen-bond acceptors (Lipinski definition) is 6. The second-order valence-electron chi connectivity index (χ2n) is 7.48. The lowest BCUT2D eigenvalue weighted by atomic mass is 9.80. The van der Waals surface area contributed by atoms with Gasteiger partial charge in [0, 0.05) is 6.42 Å². The number of fused-ring (bicyclic) bond motifs is 1. The lowest BCUT2D eigenvalue weighted by molar-refractivity contribution is -0.134. The maximum absolute atomic E-state index is 12.9. The molecule has 2 aromatic rings. The number of ketones is 1. The molecule has 0 bridgehead atoms. The summed E-state index contributed by atoms with van der Waals surface area (Å²) in [7, 11) is 1.33. The van der Waals surface area contributed by atoms with Crippen molar-refractivity contribution >= 4 is 11.8 Å². The van der Waals surface area contributed by atoms with E-state index in [1.165, 1.54) is 13.4 Å². The Morgan fingerprint density at radius 3 is 2.57 bits per heavy atom. The number of methoxy groups -OCH3 is 1. The first-order chi connectivity index (χ1) is 14.6. The molecule has 1 saturated carbocycles. The Balaban J connectivity index is 1.34. The first-order valence-corrected chi connectivity index (χ1v) is 10.1. The van der Waals surface area contributed by atoms with Crippen LogP contribution >= 0.6 is 0 Å². The highest BCUT2D eigenvalue weighted by Gasteiger charge is 2.41. The van der Waals surface area contributed by atoms with E-state index in [0.29, 0.717) is 30.8 Å². The van der Waals surface area contributed by atoms with Crippen LogP contribution in [0.1, 0.15) is 35.2 Å². The van der Waals surface area contributed by atoms with Gasteiger partial charge < -0.3 is 18.9 Å². The molecule has 2 aromatic carbocycles. The zero-order valence-corrected chi connectivity index (χ0v) is 16.8. The third kappa shape index (κ3) is 4.54. The molecule has 1 aliphatic carbocycles.